The standard InChI is InChI=1S/C17H24N4O6S/c1-4-21(5-2)28(25,26)11-6-8-14(27-3)13(10-11)18-15(22)9-7-12-16(23)20-17(24)19-12/h6,8,10,12H,4-5,7,9H2,1-3H3,(H,18,22)(H2,19,20,23,24). The first kappa shape index (κ1) is 21.6. The first-order valence-electron chi connectivity index (χ1n) is 8.82. The van der Waals surface area contributed by atoms with Crippen molar-refractivity contribution in [2.45, 2.75) is 37.6 Å². The number of rotatable bonds is 9. The van der Waals surface area contributed by atoms with Crippen LogP contribution in [0.25, 0.3) is 0 Å². The zero-order chi connectivity index (χ0) is 20.9. The maximum Gasteiger partial charge on any atom is 0.322 e. The highest BCUT2D eigenvalue weighted by molar-refractivity contribution is 7.89. The maximum absolute atomic E-state index is 12.7. The summed E-state index contributed by atoms with van der Waals surface area (Å²) in [6.07, 6.45) is 0.0672. The zero-order valence-corrected chi connectivity index (χ0v) is 16.8. The third kappa shape index (κ3) is 4.78. The molecule has 2 rings (SSSR count). The predicted octanol–water partition coefficient (Wildman–Crippen LogP) is 0.652. The second-order valence-electron chi connectivity index (χ2n) is 6.05. The molecule has 3 N–H and O–H groups in total. The summed E-state index contributed by atoms with van der Waals surface area (Å²) in [5, 5.41) is 7.11. The van der Waals surface area contributed by atoms with Gasteiger partial charge in [0.15, 0.2) is 0 Å². The number of urea groups is 1. The van der Waals surface area contributed by atoms with Gasteiger partial charge in [-0.3, -0.25) is 14.9 Å². The molecule has 1 aromatic rings. The van der Waals surface area contributed by atoms with Gasteiger partial charge in [0.25, 0.3) is 5.91 Å². The highest BCUT2D eigenvalue weighted by Gasteiger charge is 2.29. The van der Waals surface area contributed by atoms with Crippen molar-refractivity contribution in [3.63, 3.8) is 0 Å². The average Bonchev–Trinajstić information content (AvgIpc) is 2.98. The number of amides is 4. The Morgan fingerprint density at radius 3 is 2.46 bits per heavy atom. The van der Waals surface area contributed by atoms with E-state index in [0.29, 0.717) is 18.8 Å². The maximum atomic E-state index is 12.7. The lowest BCUT2D eigenvalue weighted by molar-refractivity contribution is -0.120. The van der Waals surface area contributed by atoms with E-state index in [1.54, 1.807) is 13.8 Å². The summed E-state index contributed by atoms with van der Waals surface area (Å²) in [4.78, 5) is 34.9. The number of carbonyl (C=O) groups is 3. The van der Waals surface area contributed by atoms with Crippen LogP contribution in [0.1, 0.15) is 26.7 Å². The van der Waals surface area contributed by atoms with Crippen molar-refractivity contribution in [3.8, 4) is 5.75 Å². The summed E-state index contributed by atoms with van der Waals surface area (Å²) in [5.74, 6) is -0.619. The van der Waals surface area contributed by atoms with Gasteiger partial charge >= 0.3 is 6.03 Å². The Morgan fingerprint density at radius 2 is 1.93 bits per heavy atom. The van der Waals surface area contributed by atoms with Crippen molar-refractivity contribution in [1.29, 1.82) is 0 Å². The molecule has 0 spiro atoms. The van der Waals surface area contributed by atoms with Gasteiger partial charge in [0.2, 0.25) is 15.9 Å². The Kier molecular flexibility index (Phi) is 6.97. The van der Waals surface area contributed by atoms with E-state index in [0.717, 1.165) is 0 Å². The van der Waals surface area contributed by atoms with Crippen LogP contribution < -0.4 is 20.7 Å². The zero-order valence-electron chi connectivity index (χ0n) is 15.9. The lowest BCUT2D eigenvalue weighted by Crippen LogP contribution is -2.31. The van der Waals surface area contributed by atoms with Gasteiger partial charge in [0.05, 0.1) is 17.7 Å². The van der Waals surface area contributed by atoms with E-state index in [1.165, 1.54) is 29.6 Å². The molecule has 1 fully saturated rings. The molecule has 1 heterocycles. The Labute approximate surface area is 163 Å². The van der Waals surface area contributed by atoms with E-state index in [2.05, 4.69) is 16.0 Å². The van der Waals surface area contributed by atoms with Crippen molar-refractivity contribution < 1.29 is 27.5 Å². The van der Waals surface area contributed by atoms with Crippen LogP contribution in [0.2, 0.25) is 0 Å². The Hall–Kier alpha value is -2.66. The third-order valence-electron chi connectivity index (χ3n) is 4.31. The minimum absolute atomic E-state index is 0.0368. The van der Waals surface area contributed by atoms with Gasteiger partial charge in [-0.15, -0.1) is 0 Å². The summed E-state index contributed by atoms with van der Waals surface area (Å²) < 4.78 is 31.9. The van der Waals surface area contributed by atoms with Gasteiger partial charge in [0, 0.05) is 19.5 Å². The second kappa shape index (κ2) is 9.02. The summed E-state index contributed by atoms with van der Waals surface area (Å²) >= 11 is 0. The van der Waals surface area contributed by atoms with E-state index < -0.39 is 33.9 Å². The van der Waals surface area contributed by atoms with Crippen LogP contribution >= 0.6 is 0 Å². The molecule has 0 bridgehead atoms. The first-order valence-corrected chi connectivity index (χ1v) is 10.3. The van der Waals surface area contributed by atoms with Crippen LogP contribution in [0.15, 0.2) is 23.1 Å². The Morgan fingerprint density at radius 1 is 1.25 bits per heavy atom. The molecule has 1 saturated heterocycles. The fourth-order valence-corrected chi connectivity index (χ4v) is 4.29. The molecular weight excluding hydrogens is 388 g/mol. The minimum atomic E-state index is -3.70. The van der Waals surface area contributed by atoms with Crippen LogP contribution in [0.5, 0.6) is 5.75 Å². The molecule has 0 saturated carbocycles. The lowest BCUT2D eigenvalue weighted by Gasteiger charge is -2.19. The normalized spacial score (nSPS) is 16.6. The molecule has 1 aliphatic heterocycles. The number of sulfonamides is 1. The molecule has 0 radical (unpaired) electrons. The molecule has 1 aliphatic rings. The van der Waals surface area contributed by atoms with Crippen molar-refractivity contribution in [1.82, 2.24) is 14.9 Å². The molecule has 0 aromatic heterocycles. The van der Waals surface area contributed by atoms with Crippen molar-refractivity contribution >= 4 is 33.6 Å². The summed E-state index contributed by atoms with van der Waals surface area (Å²) in [6, 6.07) is 2.87. The molecule has 1 atom stereocenters. The molecule has 154 valence electrons. The van der Waals surface area contributed by atoms with E-state index >= 15 is 0 Å². The molecule has 11 heteroatoms. The lowest BCUT2D eigenvalue weighted by atomic mass is 10.1. The fourth-order valence-electron chi connectivity index (χ4n) is 2.81. The van der Waals surface area contributed by atoms with Crippen LogP contribution in [0, 0.1) is 0 Å². The predicted molar refractivity (Wildman–Crippen MR) is 101 cm³/mol. The number of anilines is 1. The molecule has 28 heavy (non-hydrogen) atoms. The molecule has 1 unspecified atom stereocenters. The quantitative estimate of drug-likeness (QED) is 0.510. The van der Waals surface area contributed by atoms with Crippen LogP contribution in [-0.4, -0.2) is 56.8 Å². The number of hydrogen-bond acceptors (Lipinski definition) is 6. The highest BCUT2D eigenvalue weighted by Crippen LogP contribution is 2.29. The fraction of sp³-hybridized carbons (Fsp3) is 0.471. The van der Waals surface area contributed by atoms with Gasteiger partial charge in [0.1, 0.15) is 11.8 Å². The van der Waals surface area contributed by atoms with Crippen LogP contribution in [0.3, 0.4) is 0 Å². The number of hydrogen-bond donors (Lipinski definition) is 3. The van der Waals surface area contributed by atoms with Gasteiger partial charge in [-0.2, -0.15) is 4.31 Å². The molecular formula is C17H24N4O6S. The Balaban J connectivity index is 2.14. The van der Waals surface area contributed by atoms with E-state index in [-0.39, 0.29) is 23.4 Å². The van der Waals surface area contributed by atoms with E-state index in [9.17, 15) is 22.8 Å². The number of imide groups is 1. The topological polar surface area (TPSA) is 134 Å². The first-order chi connectivity index (χ1) is 13.2. The monoisotopic (exact) mass is 412 g/mol. The van der Waals surface area contributed by atoms with E-state index in [4.69, 9.17) is 4.74 Å². The molecule has 1 aromatic carbocycles. The molecule has 4 amide bonds. The Bertz CT molecular complexity index is 866. The average molecular weight is 412 g/mol. The summed E-state index contributed by atoms with van der Waals surface area (Å²) in [7, 11) is -2.29. The number of nitrogens with zero attached hydrogens (tertiary/aromatic N) is 1. The van der Waals surface area contributed by atoms with Crippen molar-refractivity contribution in [2.24, 2.45) is 0 Å². The largest absolute Gasteiger partial charge is 0.495 e. The van der Waals surface area contributed by atoms with Crippen molar-refractivity contribution in [2.75, 3.05) is 25.5 Å². The number of methoxy groups -OCH3 is 1. The van der Waals surface area contributed by atoms with Gasteiger partial charge in [-0.25, -0.2) is 13.2 Å². The number of ether oxygens (including phenoxy) is 1. The third-order valence-corrected chi connectivity index (χ3v) is 6.35. The second-order valence-corrected chi connectivity index (χ2v) is 7.99. The number of carbonyl (C=O) groups excluding carboxylic acids is 3. The minimum Gasteiger partial charge on any atom is -0.495 e. The van der Waals surface area contributed by atoms with Crippen LogP contribution in [-0.2, 0) is 19.6 Å². The molecule has 10 nitrogen and oxygen atoms in total. The smallest absolute Gasteiger partial charge is 0.322 e. The van der Waals surface area contributed by atoms with Gasteiger partial charge in [-0.1, -0.05) is 13.8 Å². The van der Waals surface area contributed by atoms with Crippen LogP contribution in [0.4, 0.5) is 10.5 Å². The summed E-state index contributed by atoms with van der Waals surface area (Å²) in [6.45, 7) is 4.12. The van der Waals surface area contributed by atoms with Gasteiger partial charge < -0.3 is 15.4 Å². The highest BCUT2D eigenvalue weighted by atomic mass is 32.2. The SMILES string of the molecule is CCN(CC)S(=O)(=O)c1ccc(OC)c(NC(=O)CCC2NC(=O)NC2=O)c1. The van der Waals surface area contributed by atoms with Gasteiger partial charge in [-0.05, 0) is 24.6 Å². The number of nitrogens with one attached hydrogen (secondary N) is 3. The molecule has 0 aliphatic carbocycles. The number of benzene rings is 1. The van der Waals surface area contributed by atoms with E-state index in [1.807, 2.05) is 0 Å². The summed E-state index contributed by atoms with van der Waals surface area (Å²) in [5.41, 5.74) is 0.209. The van der Waals surface area contributed by atoms with Crippen molar-refractivity contribution in [3.05, 3.63) is 18.2 Å².